The van der Waals surface area contributed by atoms with Gasteiger partial charge in [0.15, 0.2) is 0 Å². The Labute approximate surface area is 101 Å². The summed E-state index contributed by atoms with van der Waals surface area (Å²) in [5.41, 5.74) is 5.51. The summed E-state index contributed by atoms with van der Waals surface area (Å²) >= 11 is 0. The van der Waals surface area contributed by atoms with Gasteiger partial charge in [0.25, 0.3) is 6.43 Å². The van der Waals surface area contributed by atoms with E-state index in [-0.39, 0.29) is 25.0 Å². The quantitative estimate of drug-likeness (QED) is 0.576. The van der Waals surface area contributed by atoms with Gasteiger partial charge < -0.3 is 15.8 Å². The monoisotopic (exact) mass is 252 g/mol. The van der Waals surface area contributed by atoms with Crippen molar-refractivity contribution in [2.24, 2.45) is 5.73 Å². The largest absolute Gasteiger partial charge is 0.375 e. The SMILES string of the molecule is CCCCC(CN)NC(=O)CCOCC(F)F. The molecule has 0 heterocycles. The van der Waals surface area contributed by atoms with Crippen LogP contribution in [0.4, 0.5) is 8.78 Å². The number of nitrogens with one attached hydrogen (secondary N) is 1. The van der Waals surface area contributed by atoms with E-state index in [0.717, 1.165) is 19.3 Å². The summed E-state index contributed by atoms with van der Waals surface area (Å²) in [4.78, 5) is 11.4. The highest BCUT2D eigenvalue weighted by Gasteiger charge is 2.10. The molecule has 0 saturated heterocycles. The first-order chi connectivity index (χ1) is 8.10. The van der Waals surface area contributed by atoms with Gasteiger partial charge in [0, 0.05) is 19.0 Å². The minimum Gasteiger partial charge on any atom is -0.375 e. The lowest BCUT2D eigenvalue weighted by molar-refractivity contribution is -0.123. The van der Waals surface area contributed by atoms with E-state index in [1.807, 2.05) is 0 Å². The number of halogens is 2. The van der Waals surface area contributed by atoms with Gasteiger partial charge in [0.1, 0.15) is 6.61 Å². The van der Waals surface area contributed by atoms with Gasteiger partial charge in [-0.05, 0) is 6.42 Å². The van der Waals surface area contributed by atoms with E-state index in [1.165, 1.54) is 0 Å². The van der Waals surface area contributed by atoms with Crippen LogP contribution in [0, 0.1) is 0 Å². The number of rotatable bonds is 10. The maximum Gasteiger partial charge on any atom is 0.261 e. The number of carbonyl (C=O) groups is 1. The van der Waals surface area contributed by atoms with Crippen molar-refractivity contribution in [3.05, 3.63) is 0 Å². The Morgan fingerprint density at radius 2 is 2.18 bits per heavy atom. The van der Waals surface area contributed by atoms with Crippen molar-refractivity contribution >= 4 is 5.91 Å². The van der Waals surface area contributed by atoms with Crippen LogP contribution >= 0.6 is 0 Å². The van der Waals surface area contributed by atoms with Crippen LogP contribution in [0.3, 0.4) is 0 Å². The number of alkyl halides is 2. The summed E-state index contributed by atoms with van der Waals surface area (Å²) < 4.78 is 28.1. The molecule has 0 aromatic rings. The predicted octanol–water partition coefficient (Wildman–Crippen LogP) is 1.29. The first-order valence-electron chi connectivity index (χ1n) is 5.95. The molecule has 0 aliphatic rings. The summed E-state index contributed by atoms with van der Waals surface area (Å²) in [5, 5.41) is 2.76. The van der Waals surface area contributed by atoms with Crippen LogP contribution in [0.1, 0.15) is 32.6 Å². The van der Waals surface area contributed by atoms with Crippen molar-refractivity contribution in [1.29, 1.82) is 0 Å². The molecule has 102 valence electrons. The molecule has 0 aliphatic heterocycles. The van der Waals surface area contributed by atoms with Crippen molar-refractivity contribution in [1.82, 2.24) is 5.32 Å². The van der Waals surface area contributed by atoms with Gasteiger partial charge in [-0.15, -0.1) is 0 Å². The van der Waals surface area contributed by atoms with Crippen LogP contribution in [-0.4, -0.2) is 38.1 Å². The van der Waals surface area contributed by atoms with Gasteiger partial charge in [0.05, 0.1) is 6.61 Å². The summed E-state index contributed by atoms with van der Waals surface area (Å²) in [6.07, 6.45) is 0.499. The number of amides is 1. The summed E-state index contributed by atoms with van der Waals surface area (Å²) in [7, 11) is 0. The number of hydrogen-bond donors (Lipinski definition) is 2. The third kappa shape index (κ3) is 10.1. The van der Waals surface area contributed by atoms with Crippen molar-refractivity contribution in [3.8, 4) is 0 Å². The maximum atomic E-state index is 11.7. The molecular formula is C11H22F2N2O2. The Morgan fingerprint density at radius 3 is 2.71 bits per heavy atom. The van der Waals surface area contributed by atoms with Crippen LogP contribution < -0.4 is 11.1 Å². The molecule has 1 atom stereocenters. The standard InChI is InChI=1S/C11H22F2N2O2/c1-2-3-4-9(7-14)15-11(16)5-6-17-8-10(12)13/h9-10H,2-8,14H2,1H3,(H,15,16). The smallest absolute Gasteiger partial charge is 0.261 e. The molecule has 1 unspecified atom stereocenters. The van der Waals surface area contributed by atoms with Gasteiger partial charge in [-0.25, -0.2) is 8.78 Å². The highest BCUT2D eigenvalue weighted by molar-refractivity contribution is 5.76. The predicted molar refractivity (Wildman–Crippen MR) is 62.0 cm³/mol. The van der Waals surface area contributed by atoms with Gasteiger partial charge in [0.2, 0.25) is 5.91 Å². The average Bonchev–Trinajstić information content (AvgIpc) is 2.29. The Morgan fingerprint density at radius 1 is 1.47 bits per heavy atom. The number of ether oxygens (including phenoxy) is 1. The Balaban J connectivity index is 3.60. The molecule has 0 fully saturated rings. The van der Waals surface area contributed by atoms with E-state index in [9.17, 15) is 13.6 Å². The van der Waals surface area contributed by atoms with Crippen molar-refractivity contribution in [2.75, 3.05) is 19.8 Å². The van der Waals surface area contributed by atoms with E-state index in [2.05, 4.69) is 17.0 Å². The number of nitrogens with two attached hydrogens (primary N) is 1. The van der Waals surface area contributed by atoms with E-state index in [1.54, 1.807) is 0 Å². The lowest BCUT2D eigenvalue weighted by atomic mass is 10.1. The zero-order chi connectivity index (χ0) is 13.1. The Bertz CT molecular complexity index is 204. The van der Waals surface area contributed by atoms with Gasteiger partial charge in [-0.1, -0.05) is 19.8 Å². The molecule has 4 nitrogen and oxygen atoms in total. The van der Waals surface area contributed by atoms with Crippen LogP contribution in [0.2, 0.25) is 0 Å². The maximum absolute atomic E-state index is 11.7. The van der Waals surface area contributed by atoms with Crippen LogP contribution in [0.5, 0.6) is 0 Å². The molecule has 0 bridgehead atoms. The molecule has 0 aromatic heterocycles. The molecule has 3 N–H and O–H groups in total. The third-order valence-electron chi connectivity index (χ3n) is 2.27. The number of carbonyl (C=O) groups excluding carboxylic acids is 1. The molecule has 17 heavy (non-hydrogen) atoms. The molecule has 0 aromatic carbocycles. The second-order valence-electron chi connectivity index (χ2n) is 3.86. The van der Waals surface area contributed by atoms with Crippen molar-refractivity contribution in [2.45, 2.75) is 45.1 Å². The second-order valence-corrected chi connectivity index (χ2v) is 3.86. The van der Waals surface area contributed by atoms with E-state index < -0.39 is 13.0 Å². The van der Waals surface area contributed by atoms with E-state index >= 15 is 0 Å². The fraction of sp³-hybridized carbons (Fsp3) is 0.909. The highest BCUT2D eigenvalue weighted by Crippen LogP contribution is 2.00. The zero-order valence-corrected chi connectivity index (χ0v) is 10.3. The topological polar surface area (TPSA) is 64.3 Å². The Hall–Kier alpha value is -0.750. The van der Waals surface area contributed by atoms with Crippen molar-refractivity contribution in [3.63, 3.8) is 0 Å². The summed E-state index contributed by atoms with van der Waals surface area (Å²) in [5.74, 6) is -0.203. The Kier molecular flexibility index (Phi) is 9.95. The van der Waals surface area contributed by atoms with Crippen LogP contribution in [-0.2, 0) is 9.53 Å². The van der Waals surface area contributed by atoms with Crippen molar-refractivity contribution < 1.29 is 18.3 Å². The molecular weight excluding hydrogens is 230 g/mol. The van der Waals surface area contributed by atoms with Gasteiger partial charge in [-0.3, -0.25) is 4.79 Å². The number of hydrogen-bond acceptors (Lipinski definition) is 3. The molecule has 1 amide bonds. The van der Waals surface area contributed by atoms with E-state index in [4.69, 9.17) is 5.73 Å². The van der Waals surface area contributed by atoms with Crippen LogP contribution in [0.25, 0.3) is 0 Å². The fourth-order valence-corrected chi connectivity index (χ4v) is 1.34. The molecule has 0 aliphatic carbocycles. The molecule has 0 saturated carbocycles. The van der Waals surface area contributed by atoms with Crippen LogP contribution in [0.15, 0.2) is 0 Å². The minimum absolute atomic E-state index is 0.0151. The first-order valence-corrected chi connectivity index (χ1v) is 5.95. The van der Waals surface area contributed by atoms with E-state index in [0.29, 0.717) is 6.54 Å². The molecule has 6 heteroatoms. The van der Waals surface area contributed by atoms with Gasteiger partial charge in [-0.2, -0.15) is 0 Å². The zero-order valence-electron chi connectivity index (χ0n) is 10.3. The summed E-state index contributed by atoms with van der Waals surface area (Å²) in [6.45, 7) is 1.85. The molecule has 0 radical (unpaired) electrons. The van der Waals surface area contributed by atoms with Gasteiger partial charge >= 0.3 is 0 Å². The second kappa shape index (κ2) is 10.4. The highest BCUT2D eigenvalue weighted by atomic mass is 19.3. The molecule has 0 spiro atoms. The third-order valence-corrected chi connectivity index (χ3v) is 2.27. The lowest BCUT2D eigenvalue weighted by Gasteiger charge is -2.16. The molecule has 0 rings (SSSR count). The average molecular weight is 252 g/mol. The summed E-state index contributed by atoms with van der Waals surface area (Å²) in [6, 6.07) is -0.0300. The normalized spacial score (nSPS) is 12.8. The number of unbranched alkanes of at least 4 members (excludes halogenated alkanes) is 1. The first kappa shape index (κ1) is 16.2. The fourth-order valence-electron chi connectivity index (χ4n) is 1.34. The lowest BCUT2D eigenvalue weighted by Crippen LogP contribution is -2.40. The minimum atomic E-state index is -2.49.